The van der Waals surface area contributed by atoms with Gasteiger partial charge in [-0.15, -0.1) is 0 Å². The summed E-state index contributed by atoms with van der Waals surface area (Å²) in [6, 6.07) is -0.490. The maximum Gasteiger partial charge on any atom is 0.320 e. The van der Waals surface area contributed by atoms with Crippen molar-refractivity contribution in [3.05, 3.63) is 0 Å². The molecule has 2 atom stereocenters. The second kappa shape index (κ2) is 8.53. The Morgan fingerprint density at radius 1 is 1.38 bits per heavy atom. The van der Waals surface area contributed by atoms with Crippen LogP contribution in [0.1, 0.15) is 40.5 Å². The van der Waals surface area contributed by atoms with Crippen LogP contribution in [0, 0.1) is 5.92 Å². The number of likely N-dealkylation sites (N-methyl/N-ethyl adjacent to an activating group) is 1. The summed E-state index contributed by atoms with van der Waals surface area (Å²) >= 11 is 0. The van der Waals surface area contributed by atoms with Crippen LogP contribution in [-0.4, -0.2) is 36.4 Å². The summed E-state index contributed by atoms with van der Waals surface area (Å²) in [7, 11) is 0. The number of rotatable bonds is 9. The third kappa shape index (κ3) is 7.65. The number of carboxylic acid groups (broad SMARTS) is 1. The van der Waals surface area contributed by atoms with Crippen LogP contribution in [0.25, 0.3) is 0 Å². The van der Waals surface area contributed by atoms with Gasteiger partial charge < -0.3 is 15.2 Å². The van der Waals surface area contributed by atoms with Crippen molar-refractivity contribution in [3.63, 3.8) is 0 Å². The maximum absolute atomic E-state index is 10.8. The van der Waals surface area contributed by atoms with Gasteiger partial charge in [0, 0.05) is 6.61 Å². The van der Waals surface area contributed by atoms with Crippen molar-refractivity contribution in [2.24, 2.45) is 5.92 Å². The SMILES string of the molecule is CCNC(CCOC(C)CC(C)C)C(=O)O. The summed E-state index contributed by atoms with van der Waals surface area (Å²) in [4.78, 5) is 10.8. The van der Waals surface area contributed by atoms with Gasteiger partial charge >= 0.3 is 5.97 Å². The molecule has 0 aromatic heterocycles. The average Bonchev–Trinajstić information content (AvgIpc) is 2.15. The van der Waals surface area contributed by atoms with Crippen molar-refractivity contribution in [2.75, 3.05) is 13.2 Å². The first kappa shape index (κ1) is 15.4. The Kier molecular flexibility index (Phi) is 8.21. The Morgan fingerprint density at radius 3 is 2.44 bits per heavy atom. The number of hydrogen-bond acceptors (Lipinski definition) is 3. The smallest absolute Gasteiger partial charge is 0.320 e. The van der Waals surface area contributed by atoms with Gasteiger partial charge in [-0.3, -0.25) is 4.79 Å². The summed E-state index contributed by atoms with van der Waals surface area (Å²) in [5, 5.41) is 11.8. The van der Waals surface area contributed by atoms with Gasteiger partial charge in [0.2, 0.25) is 0 Å². The minimum absolute atomic E-state index is 0.205. The van der Waals surface area contributed by atoms with Crippen LogP contribution in [0.15, 0.2) is 0 Å². The fourth-order valence-corrected chi connectivity index (χ4v) is 1.68. The first-order chi connectivity index (χ1) is 7.47. The van der Waals surface area contributed by atoms with E-state index in [0.29, 0.717) is 25.5 Å². The first-order valence-electron chi connectivity index (χ1n) is 6.05. The molecule has 0 aromatic rings. The van der Waals surface area contributed by atoms with Crippen LogP contribution in [0.2, 0.25) is 0 Å². The third-order valence-corrected chi connectivity index (χ3v) is 2.36. The number of hydrogen-bond donors (Lipinski definition) is 2. The quantitative estimate of drug-likeness (QED) is 0.636. The van der Waals surface area contributed by atoms with Gasteiger partial charge in [-0.1, -0.05) is 20.8 Å². The van der Waals surface area contributed by atoms with Crippen LogP contribution in [-0.2, 0) is 9.53 Å². The molecule has 4 heteroatoms. The Hall–Kier alpha value is -0.610. The number of carboxylic acids is 1. The minimum Gasteiger partial charge on any atom is -0.480 e. The van der Waals surface area contributed by atoms with Gasteiger partial charge in [0.15, 0.2) is 0 Å². The lowest BCUT2D eigenvalue weighted by Gasteiger charge is -2.17. The molecule has 0 aliphatic heterocycles. The van der Waals surface area contributed by atoms with E-state index >= 15 is 0 Å². The van der Waals surface area contributed by atoms with Crippen LogP contribution in [0.5, 0.6) is 0 Å². The Balaban J connectivity index is 3.72. The lowest BCUT2D eigenvalue weighted by molar-refractivity contribution is -0.140. The molecule has 0 radical (unpaired) electrons. The van der Waals surface area contributed by atoms with Gasteiger partial charge in [0.05, 0.1) is 6.10 Å². The zero-order valence-electron chi connectivity index (χ0n) is 10.8. The average molecular weight is 231 g/mol. The summed E-state index contributed by atoms with van der Waals surface area (Å²) in [6.45, 7) is 9.40. The van der Waals surface area contributed by atoms with E-state index in [1.54, 1.807) is 0 Å². The van der Waals surface area contributed by atoms with Gasteiger partial charge in [-0.05, 0) is 32.2 Å². The van der Waals surface area contributed by atoms with E-state index in [4.69, 9.17) is 9.84 Å². The molecule has 0 amide bonds. The van der Waals surface area contributed by atoms with Gasteiger partial charge in [0.1, 0.15) is 6.04 Å². The van der Waals surface area contributed by atoms with E-state index in [1.807, 2.05) is 13.8 Å². The highest BCUT2D eigenvalue weighted by molar-refractivity contribution is 5.73. The molecule has 16 heavy (non-hydrogen) atoms. The Labute approximate surface area is 98.4 Å². The van der Waals surface area contributed by atoms with Crippen LogP contribution in [0.4, 0.5) is 0 Å². The predicted molar refractivity (Wildman–Crippen MR) is 64.6 cm³/mol. The highest BCUT2D eigenvalue weighted by Gasteiger charge is 2.16. The fraction of sp³-hybridized carbons (Fsp3) is 0.917. The predicted octanol–water partition coefficient (Wildman–Crippen LogP) is 1.89. The van der Waals surface area contributed by atoms with Crippen molar-refractivity contribution in [2.45, 2.75) is 52.7 Å². The summed E-state index contributed by atoms with van der Waals surface area (Å²) in [5.74, 6) is -0.194. The molecule has 0 aliphatic carbocycles. The van der Waals surface area contributed by atoms with Crippen LogP contribution in [0.3, 0.4) is 0 Å². The summed E-state index contributed by atoms with van der Waals surface area (Å²) < 4.78 is 5.58. The highest BCUT2D eigenvalue weighted by atomic mass is 16.5. The largest absolute Gasteiger partial charge is 0.480 e. The number of aliphatic carboxylic acids is 1. The van der Waals surface area contributed by atoms with E-state index in [9.17, 15) is 4.79 Å². The molecule has 0 rings (SSSR count). The van der Waals surface area contributed by atoms with Crippen LogP contribution >= 0.6 is 0 Å². The van der Waals surface area contributed by atoms with Gasteiger partial charge in [-0.25, -0.2) is 0 Å². The van der Waals surface area contributed by atoms with E-state index in [1.165, 1.54) is 0 Å². The second-order valence-electron chi connectivity index (χ2n) is 4.55. The molecule has 0 saturated heterocycles. The molecule has 96 valence electrons. The normalized spacial score (nSPS) is 15.1. The van der Waals surface area contributed by atoms with E-state index in [2.05, 4.69) is 19.2 Å². The van der Waals surface area contributed by atoms with Crippen molar-refractivity contribution in [1.82, 2.24) is 5.32 Å². The molecule has 0 saturated carbocycles. The number of nitrogens with one attached hydrogen (secondary N) is 1. The molecule has 2 N–H and O–H groups in total. The minimum atomic E-state index is -0.804. The second-order valence-corrected chi connectivity index (χ2v) is 4.55. The molecule has 0 spiro atoms. The van der Waals surface area contributed by atoms with Crippen molar-refractivity contribution >= 4 is 5.97 Å². The van der Waals surface area contributed by atoms with Gasteiger partial charge in [-0.2, -0.15) is 0 Å². The maximum atomic E-state index is 10.8. The summed E-state index contributed by atoms with van der Waals surface area (Å²) in [6.07, 6.45) is 1.74. The Bertz CT molecular complexity index is 195. The molecule has 0 aromatic carbocycles. The molecule has 4 nitrogen and oxygen atoms in total. The van der Waals surface area contributed by atoms with Crippen molar-refractivity contribution in [3.8, 4) is 0 Å². The monoisotopic (exact) mass is 231 g/mol. The summed E-state index contributed by atoms with van der Waals surface area (Å²) in [5.41, 5.74) is 0. The first-order valence-corrected chi connectivity index (χ1v) is 6.05. The Morgan fingerprint density at radius 2 is 2.00 bits per heavy atom. The van der Waals surface area contributed by atoms with Crippen molar-refractivity contribution < 1.29 is 14.6 Å². The highest BCUT2D eigenvalue weighted by Crippen LogP contribution is 2.08. The lowest BCUT2D eigenvalue weighted by Crippen LogP contribution is -2.37. The zero-order valence-corrected chi connectivity index (χ0v) is 10.8. The van der Waals surface area contributed by atoms with E-state index < -0.39 is 12.0 Å². The standard InChI is InChI=1S/C12H25NO3/c1-5-13-11(12(14)15)6-7-16-10(4)8-9(2)3/h9-11,13H,5-8H2,1-4H3,(H,14,15). The van der Waals surface area contributed by atoms with E-state index in [-0.39, 0.29) is 6.10 Å². The molecule has 0 heterocycles. The lowest BCUT2D eigenvalue weighted by atomic mass is 10.1. The molecule has 0 aliphatic rings. The molecule has 0 fully saturated rings. The fourth-order valence-electron chi connectivity index (χ4n) is 1.68. The third-order valence-electron chi connectivity index (χ3n) is 2.36. The molecule has 0 bridgehead atoms. The molecular formula is C12H25NO3. The van der Waals surface area contributed by atoms with Crippen LogP contribution < -0.4 is 5.32 Å². The molecular weight excluding hydrogens is 206 g/mol. The zero-order chi connectivity index (χ0) is 12.6. The van der Waals surface area contributed by atoms with Crippen molar-refractivity contribution in [1.29, 1.82) is 0 Å². The topological polar surface area (TPSA) is 58.6 Å². The number of carbonyl (C=O) groups is 1. The number of ether oxygens (including phenoxy) is 1. The van der Waals surface area contributed by atoms with E-state index in [0.717, 1.165) is 6.42 Å². The van der Waals surface area contributed by atoms with Gasteiger partial charge in [0.25, 0.3) is 0 Å². The molecule has 2 unspecified atom stereocenters.